The Balaban J connectivity index is 1.67. The van der Waals surface area contributed by atoms with Gasteiger partial charge in [0.2, 0.25) is 5.82 Å². The minimum Gasteiger partial charge on any atom is -0.452 e. The third-order valence-corrected chi connectivity index (χ3v) is 4.45. The van der Waals surface area contributed by atoms with Gasteiger partial charge in [-0.15, -0.1) is 0 Å². The molecular weight excluding hydrogens is 311 g/mol. The Bertz CT molecular complexity index is 723. The second kappa shape index (κ2) is 7.11. The van der Waals surface area contributed by atoms with E-state index in [4.69, 9.17) is 9.26 Å². The molecule has 6 heteroatoms. The van der Waals surface area contributed by atoms with Crippen molar-refractivity contribution in [2.45, 2.75) is 52.1 Å². The molecule has 1 aromatic carbocycles. The molecule has 1 fully saturated rings. The number of esters is 1. The van der Waals surface area contributed by atoms with Gasteiger partial charge in [0.15, 0.2) is 6.10 Å². The Labute approximate surface area is 140 Å². The predicted octanol–water partition coefficient (Wildman–Crippen LogP) is 4.37. The summed E-state index contributed by atoms with van der Waals surface area (Å²) in [7, 11) is 0. The van der Waals surface area contributed by atoms with Crippen LogP contribution in [0.2, 0.25) is 0 Å². The minimum absolute atomic E-state index is 0.0326. The first kappa shape index (κ1) is 16.6. The van der Waals surface area contributed by atoms with Gasteiger partial charge in [-0.3, -0.25) is 4.79 Å². The van der Waals surface area contributed by atoms with E-state index in [9.17, 15) is 9.18 Å². The summed E-state index contributed by atoms with van der Waals surface area (Å²) in [5.41, 5.74) is 1.08. The van der Waals surface area contributed by atoms with E-state index in [1.165, 1.54) is 12.5 Å². The standard InChI is InChI=1S/C18H21FN2O3/c1-11-8-9-14(10-15(11)19)16-20-17(24-21-16)12(2)23-18(22)13-6-4-3-5-7-13/h8-10,12-13H,3-7H2,1-2H3. The SMILES string of the molecule is Cc1ccc(-c2noc(C(C)OC(=O)C3CCCCC3)n2)cc1F. The summed E-state index contributed by atoms with van der Waals surface area (Å²) in [6, 6.07) is 4.75. The highest BCUT2D eigenvalue weighted by molar-refractivity contribution is 5.72. The number of rotatable bonds is 4. The normalized spacial score (nSPS) is 16.8. The summed E-state index contributed by atoms with van der Waals surface area (Å²) in [4.78, 5) is 16.4. The first-order chi connectivity index (χ1) is 11.5. The average Bonchev–Trinajstić information content (AvgIpc) is 3.08. The number of aryl methyl sites for hydroxylation is 1. The van der Waals surface area contributed by atoms with Gasteiger partial charge in [-0.25, -0.2) is 4.39 Å². The van der Waals surface area contributed by atoms with Crippen LogP contribution in [0.5, 0.6) is 0 Å². The molecule has 0 amide bonds. The molecule has 0 N–H and O–H groups in total. The quantitative estimate of drug-likeness (QED) is 0.778. The topological polar surface area (TPSA) is 65.2 Å². The van der Waals surface area contributed by atoms with Crippen molar-refractivity contribution in [1.29, 1.82) is 0 Å². The molecule has 0 radical (unpaired) electrons. The van der Waals surface area contributed by atoms with E-state index in [-0.39, 0.29) is 29.4 Å². The second-order valence-electron chi connectivity index (χ2n) is 6.33. The van der Waals surface area contributed by atoms with Gasteiger partial charge in [-0.05, 0) is 38.3 Å². The highest BCUT2D eigenvalue weighted by Crippen LogP contribution is 2.28. The maximum absolute atomic E-state index is 13.7. The second-order valence-corrected chi connectivity index (χ2v) is 6.33. The molecule has 2 aromatic rings. The Morgan fingerprint density at radius 3 is 2.79 bits per heavy atom. The molecule has 1 aromatic heterocycles. The van der Waals surface area contributed by atoms with Crippen LogP contribution < -0.4 is 0 Å². The van der Waals surface area contributed by atoms with Crippen LogP contribution in [0.3, 0.4) is 0 Å². The van der Waals surface area contributed by atoms with Crippen LogP contribution in [-0.4, -0.2) is 16.1 Å². The first-order valence-electron chi connectivity index (χ1n) is 8.35. The minimum atomic E-state index is -0.615. The lowest BCUT2D eigenvalue weighted by molar-refractivity contribution is -0.156. The fraction of sp³-hybridized carbons (Fsp3) is 0.500. The highest BCUT2D eigenvalue weighted by atomic mass is 19.1. The summed E-state index contributed by atoms with van der Waals surface area (Å²) < 4.78 is 24.3. The van der Waals surface area contributed by atoms with Gasteiger partial charge in [-0.1, -0.05) is 36.6 Å². The van der Waals surface area contributed by atoms with Crippen LogP contribution in [0.25, 0.3) is 11.4 Å². The number of benzene rings is 1. The summed E-state index contributed by atoms with van der Waals surface area (Å²) in [5, 5.41) is 3.85. The molecular formula is C18H21FN2O3. The molecule has 1 aliphatic rings. The third-order valence-electron chi connectivity index (χ3n) is 4.45. The van der Waals surface area contributed by atoms with Gasteiger partial charge >= 0.3 is 5.97 Å². The molecule has 1 unspecified atom stereocenters. The Morgan fingerprint density at radius 1 is 1.33 bits per heavy atom. The van der Waals surface area contributed by atoms with Gasteiger partial charge in [0.05, 0.1) is 5.92 Å². The van der Waals surface area contributed by atoms with Gasteiger partial charge in [-0.2, -0.15) is 4.98 Å². The third kappa shape index (κ3) is 3.63. The van der Waals surface area contributed by atoms with Crippen LogP contribution in [-0.2, 0) is 9.53 Å². The Hall–Kier alpha value is -2.24. The number of halogens is 1. The van der Waals surface area contributed by atoms with Crippen LogP contribution in [0.4, 0.5) is 4.39 Å². The molecule has 0 bridgehead atoms. The van der Waals surface area contributed by atoms with Crippen molar-refractivity contribution < 1.29 is 18.4 Å². The molecule has 1 atom stereocenters. The predicted molar refractivity (Wildman–Crippen MR) is 85.5 cm³/mol. The van der Waals surface area contributed by atoms with E-state index in [2.05, 4.69) is 10.1 Å². The molecule has 3 rings (SSSR count). The molecule has 0 aliphatic heterocycles. The van der Waals surface area contributed by atoms with Crippen LogP contribution in [0.15, 0.2) is 22.7 Å². The van der Waals surface area contributed by atoms with Crippen molar-refractivity contribution in [3.63, 3.8) is 0 Å². The number of hydrogen-bond donors (Lipinski definition) is 0. The number of carbonyl (C=O) groups is 1. The zero-order valence-corrected chi connectivity index (χ0v) is 13.9. The lowest BCUT2D eigenvalue weighted by Crippen LogP contribution is -2.21. The lowest BCUT2D eigenvalue weighted by Gasteiger charge is -2.21. The van der Waals surface area contributed by atoms with Crippen molar-refractivity contribution in [2.75, 3.05) is 0 Å². The van der Waals surface area contributed by atoms with E-state index in [0.717, 1.165) is 25.7 Å². The van der Waals surface area contributed by atoms with Crippen molar-refractivity contribution in [3.8, 4) is 11.4 Å². The summed E-state index contributed by atoms with van der Waals surface area (Å²) >= 11 is 0. The summed E-state index contributed by atoms with van der Waals surface area (Å²) in [6.45, 7) is 3.39. The molecule has 128 valence electrons. The largest absolute Gasteiger partial charge is 0.452 e. The van der Waals surface area contributed by atoms with Crippen LogP contribution in [0, 0.1) is 18.7 Å². The van der Waals surface area contributed by atoms with E-state index >= 15 is 0 Å². The number of carbonyl (C=O) groups excluding carboxylic acids is 1. The zero-order valence-electron chi connectivity index (χ0n) is 13.9. The number of nitrogens with zero attached hydrogens (tertiary/aromatic N) is 2. The summed E-state index contributed by atoms with van der Waals surface area (Å²) in [6.07, 6.45) is 4.46. The van der Waals surface area contributed by atoms with Crippen molar-refractivity contribution in [2.24, 2.45) is 5.92 Å². The zero-order chi connectivity index (χ0) is 17.1. The molecule has 5 nitrogen and oxygen atoms in total. The number of aromatic nitrogens is 2. The number of ether oxygens (including phenoxy) is 1. The van der Waals surface area contributed by atoms with Gasteiger partial charge in [0.25, 0.3) is 5.89 Å². The van der Waals surface area contributed by atoms with Crippen molar-refractivity contribution in [3.05, 3.63) is 35.5 Å². The smallest absolute Gasteiger partial charge is 0.309 e. The van der Waals surface area contributed by atoms with Gasteiger partial charge in [0, 0.05) is 5.56 Å². The highest BCUT2D eigenvalue weighted by Gasteiger charge is 2.26. The van der Waals surface area contributed by atoms with E-state index in [0.29, 0.717) is 11.1 Å². The van der Waals surface area contributed by atoms with Crippen LogP contribution >= 0.6 is 0 Å². The fourth-order valence-corrected chi connectivity index (χ4v) is 2.91. The Morgan fingerprint density at radius 2 is 2.08 bits per heavy atom. The molecule has 0 spiro atoms. The first-order valence-corrected chi connectivity index (χ1v) is 8.35. The van der Waals surface area contributed by atoms with Gasteiger partial charge in [0.1, 0.15) is 5.82 Å². The monoisotopic (exact) mass is 332 g/mol. The average molecular weight is 332 g/mol. The number of hydrogen-bond acceptors (Lipinski definition) is 5. The molecule has 24 heavy (non-hydrogen) atoms. The molecule has 1 saturated carbocycles. The molecule has 1 heterocycles. The molecule has 1 aliphatic carbocycles. The summed E-state index contributed by atoms with van der Waals surface area (Å²) in [5.74, 6) is -0.0617. The van der Waals surface area contributed by atoms with E-state index < -0.39 is 6.10 Å². The van der Waals surface area contributed by atoms with Crippen LogP contribution in [0.1, 0.15) is 56.6 Å². The molecule has 0 saturated heterocycles. The lowest BCUT2D eigenvalue weighted by atomic mass is 9.89. The van der Waals surface area contributed by atoms with E-state index in [1.54, 1.807) is 26.0 Å². The van der Waals surface area contributed by atoms with E-state index in [1.807, 2.05) is 0 Å². The fourth-order valence-electron chi connectivity index (χ4n) is 2.91. The van der Waals surface area contributed by atoms with Gasteiger partial charge < -0.3 is 9.26 Å². The maximum Gasteiger partial charge on any atom is 0.309 e. The van der Waals surface area contributed by atoms with Crippen molar-refractivity contribution >= 4 is 5.97 Å². The van der Waals surface area contributed by atoms with Crippen molar-refractivity contribution in [1.82, 2.24) is 10.1 Å². The Kier molecular flexibility index (Phi) is 4.92. The maximum atomic E-state index is 13.7.